The monoisotopic (exact) mass is 355 g/mol. The Labute approximate surface area is 143 Å². The maximum absolute atomic E-state index is 12.4. The van der Waals surface area contributed by atoms with Crippen LogP contribution >= 0.6 is 34.5 Å². The highest BCUT2D eigenvalue weighted by Gasteiger charge is 2.30. The molecule has 22 heavy (non-hydrogen) atoms. The third kappa shape index (κ3) is 3.57. The van der Waals surface area contributed by atoms with E-state index in [1.807, 2.05) is 16.3 Å². The molecule has 1 aliphatic rings. The fourth-order valence-corrected chi connectivity index (χ4v) is 4.06. The summed E-state index contributed by atoms with van der Waals surface area (Å²) in [6.45, 7) is 0.777. The largest absolute Gasteiger partial charge is 0.484 e. The van der Waals surface area contributed by atoms with Gasteiger partial charge in [0.05, 0.1) is 6.04 Å². The third-order valence-corrected chi connectivity index (χ3v) is 5.05. The van der Waals surface area contributed by atoms with Gasteiger partial charge in [0.25, 0.3) is 5.91 Å². The molecule has 2 heterocycles. The van der Waals surface area contributed by atoms with Gasteiger partial charge in [-0.1, -0.05) is 29.3 Å². The zero-order chi connectivity index (χ0) is 15.5. The number of rotatable bonds is 4. The summed E-state index contributed by atoms with van der Waals surface area (Å²) in [5, 5.41) is 3.03. The van der Waals surface area contributed by atoms with Gasteiger partial charge in [0.1, 0.15) is 5.75 Å². The molecule has 0 N–H and O–H groups in total. The van der Waals surface area contributed by atoms with Crippen molar-refractivity contribution in [2.75, 3.05) is 13.2 Å². The Kier molecular flexibility index (Phi) is 4.91. The van der Waals surface area contributed by atoms with Crippen molar-refractivity contribution in [2.24, 2.45) is 0 Å². The summed E-state index contributed by atoms with van der Waals surface area (Å²) in [5.74, 6) is 0.504. The van der Waals surface area contributed by atoms with Crippen molar-refractivity contribution < 1.29 is 9.53 Å². The molecule has 0 saturated carbocycles. The van der Waals surface area contributed by atoms with Crippen molar-refractivity contribution in [3.05, 3.63) is 50.6 Å². The number of carbonyl (C=O) groups excluding carboxylic acids is 1. The standard InChI is InChI=1S/C16H15Cl2NO2S/c17-11-7-12(18)9-13(8-11)21-10-16(20)19-5-1-3-14(19)15-4-2-6-22-15/h2,4,6-9,14H,1,3,5,10H2. The molecule has 0 radical (unpaired) electrons. The molecule has 116 valence electrons. The van der Waals surface area contributed by atoms with Gasteiger partial charge in [-0.05, 0) is 42.5 Å². The lowest BCUT2D eigenvalue weighted by Crippen LogP contribution is -2.34. The van der Waals surface area contributed by atoms with Crippen molar-refractivity contribution in [3.8, 4) is 5.75 Å². The minimum atomic E-state index is -0.00741. The molecule has 1 atom stereocenters. The molecule has 1 aromatic carbocycles. The number of amides is 1. The van der Waals surface area contributed by atoms with Gasteiger partial charge in [-0.15, -0.1) is 11.3 Å². The molecular formula is C16H15Cl2NO2S. The van der Waals surface area contributed by atoms with Crippen LogP contribution in [0.1, 0.15) is 23.8 Å². The van der Waals surface area contributed by atoms with Gasteiger partial charge < -0.3 is 9.64 Å². The van der Waals surface area contributed by atoms with Crippen LogP contribution in [-0.2, 0) is 4.79 Å². The molecule has 0 spiro atoms. The molecule has 6 heteroatoms. The Morgan fingerprint density at radius 1 is 1.32 bits per heavy atom. The predicted molar refractivity (Wildman–Crippen MR) is 90.0 cm³/mol. The van der Waals surface area contributed by atoms with Crippen molar-refractivity contribution in [3.63, 3.8) is 0 Å². The molecule has 2 aromatic rings. The summed E-state index contributed by atoms with van der Waals surface area (Å²) in [7, 11) is 0. The van der Waals surface area contributed by atoms with Crippen LogP contribution in [0, 0.1) is 0 Å². The van der Waals surface area contributed by atoms with Crippen LogP contribution in [0.25, 0.3) is 0 Å². The van der Waals surface area contributed by atoms with Gasteiger partial charge in [0.15, 0.2) is 6.61 Å². The lowest BCUT2D eigenvalue weighted by Gasteiger charge is -2.24. The van der Waals surface area contributed by atoms with Gasteiger partial charge in [0.2, 0.25) is 0 Å². The zero-order valence-corrected chi connectivity index (χ0v) is 14.1. The molecule has 3 rings (SSSR count). The minimum absolute atomic E-state index is 0.00144. The molecule has 1 aromatic heterocycles. The van der Waals surface area contributed by atoms with Crippen LogP contribution in [0.3, 0.4) is 0 Å². The average molecular weight is 356 g/mol. The fourth-order valence-electron chi connectivity index (χ4n) is 2.68. The number of hydrogen-bond acceptors (Lipinski definition) is 3. The fraction of sp³-hybridized carbons (Fsp3) is 0.312. The number of likely N-dealkylation sites (tertiary alicyclic amines) is 1. The first kappa shape index (κ1) is 15.7. The summed E-state index contributed by atoms with van der Waals surface area (Å²) in [4.78, 5) is 15.6. The van der Waals surface area contributed by atoms with Crippen molar-refractivity contribution in [1.29, 1.82) is 0 Å². The van der Waals surface area contributed by atoms with E-state index in [1.165, 1.54) is 4.88 Å². The quantitative estimate of drug-likeness (QED) is 0.788. The Hall–Kier alpha value is -1.23. The summed E-state index contributed by atoms with van der Waals surface area (Å²) in [6, 6.07) is 9.22. The number of carbonyl (C=O) groups is 1. The van der Waals surface area contributed by atoms with E-state index in [2.05, 4.69) is 6.07 Å². The normalized spacial score (nSPS) is 17.7. The molecule has 0 bridgehead atoms. The van der Waals surface area contributed by atoms with Crippen LogP contribution in [0.5, 0.6) is 5.75 Å². The molecule has 1 fully saturated rings. The first-order valence-electron chi connectivity index (χ1n) is 7.05. The number of halogens is 2. The van der Waals surface area contributed by atoms with Crippen LogP contribution in [0.15, 0.2) is 35.7 Å². The second-order valence-corrected chi connectivity index (χ2v) is 7.01. The second-order valence-electron chi connectivity index (χ2n) is 5.15. The topological polar surface area (TPSA) is 29.5 Å². The second kappa shape index (κ2) is 6.90. The third-order valence-electron chi connectivity index (χ3n) is 3.64. The summed E-state index contributed by atoms with van der Waals surface area (Å²) in [5.41, 5.74) is 0. The van der Waals surface area contributed by atoms with E-state index in [1.54, 1.807) is 29.5 Å². The van der Waals surface area contributed by atoms with E-state index in [0.29, 0.717) is 15.8 Å². The smallest absolute Gasteiger partial charge is 0.261 e. The number of hydrogen-bond donors (Lipinski definition) is 0. The lowest BCUT2D eigenvalue weighted by atomic mass is 10.2. The molecule has 1 aliphatic heterocycles. The van der Waals surface area contributed by atoms with Crippen LogP contribution < -0.4 is 4.74 Å². The zero-order valence-electron chi connectivity index (χ0n) is 11.8. The average Bonchev–Trinajstić information content (AvgIpc) is 3.13. The Balaban J connectivity index is 1.64. The van der Waals surface area contributed by atoms with E-state index < -0.39 is 0 Å². The van der Waals surface area contributed by atoms with Crippen LogP contribution in [0.2, 0.25) is 10.0 Å². The highest BCUT2D eigenvalue weighted by atomic mass is 35.5. The van der Waals surface area contributed by atoms with E-state index >= 15 is 0 Å². The summed E-state index contributed by atoms with van der Waals surface area (Å²) < 4.78 is 5.55. The Morgan fingerprint density at radius 3 is 2.77 bits per heavy atom. The molecular weight excluding hydrogens is 341 g/mol. The predicted octanol–water partition coefficient (Wildman–Crippen LogP) is 4.80. The Morgan fingerprint density at radius 2 is 2.09 bits per heavy atom. The van der Waals surface area contributed by atoms with Gasteiger partial charge >= 0.3 is 0 Å². The van der Waals surface area contributed by atoms with Gasteiger partial charge in [-0.3, -0.25) is 4.79 Å². The SMILES string of the molecule is O=C(COc1cc(Cl)cc(Cl)c1)N1CCCC1c1cccs1. The number of thiophene rings is 1. The van der Waals surface area contributed by atoms with Gasteiger partial charge in [0, 0.05) is 21.5 Å². The number of benzene rings is 1. The van der Waals surface area contributed by atoms with Crippen molar-refractivity contribution in [2.45, 2.75) is 18.9 Å². The highest BCUT2D eigenvalue weighted by molar-refractivity contribution is 7.10. The molecule has 0 aliphatic carbocycles. The first-order chi connectivity index (χ1) is 10.6. The Bertz CT molecular complexity index is 640. The van der Waals surface area contributed by atoms with Crippen LogP contribution in [-0.4, -0.2) is 24.0 Å². The lowest BCUT2D eigenvalue weighted by molar-refractivity contribution is -0.134. The number of ether oxygens (including phenoxy) is 1. The first-order valence-corrected chi connectivity index (χ1v) is 8.69. The molecule has 1 amide bonds. The number of nitrogens with zero attached hydrogens (tertiary/aromatic N) is 1. The van der Waals surface area contributed by atoms with E-state index in [-0.39, 0.29) is 18.6 Å². The molecule has 3 nitrogen and oxygen atoms in total. The van der Waals surface area contributed by atoms with Crippen LogP contribution in [0.4, 0.5) is 0 Å². The highest BCUT2D eigenvalue weighted by Crippen LogP contribution is 2.34. The van der Waals surface area contributed by atoms with Crippen molar-refractivity contribution >= 4 is 40.4 Å². The maximum atomic E-state index is 12.4. The van der Waals surface area contributed by atoms with E-state index in [9.17, 15) is 4.79 Å². The minimum Gasteiger partial charge on any atom is -0.484 e. The van der Waals surface area contributed by atoms with Crippen molar-refractivity contribution in [1.82, 2.24) is 4.90 Å². The molecule has 1 unspecified atom stereocenters. The summed E-state index contributed by atoms with van der Waals surface area (Å²) in [6.07, 6.45) is 2.03. The summed E-state index contributed by atoms with van der Waals surface area (Å²) >= 11 is 13.5. The molecule has 1 saturated heterocycles. The van der Waals surface area contributed by atoms with E-state index in [0.717, 1.165) is 19.4 Å². The maximum Gasteiger partial charge on any atom is 0.261 e. The van der Waals surface area contributed by atoms with Gasteiger partial charge in [-0.2, -0.15) is 0 Å². The van der Waals surface area contributed by atoms with E-state index in [4.69, 9.17) is 27.9 Å². The van der Waals surface area contributed by atoms with Gasteiger partial charge in [-0.25, -0.2) is 0 Å².